The van der Waals surface area contributed by atoms with E-state index < -0.39 is 14.0 Å². The van der Waals surface area contributed by atoms with Gasteiger partial charge in [0, 0.05) is 0 Å². The topological polar surface area (TPSA) is 67.6 Å². The van der Waals surface area contributed by atoms with Crippen molar-refractivity contribution in [3.63, 3.8) is 0 Å². The molecule has 1 atom stereocenters. The van der Waals surface area contributed by atoms with Gasteiger partial charge in [-0.05, 0) is 6.07 Å². The second kappa shape index (κ2) is 6.71. The van der Waals surface area contributed by atoms with Gasteiger partial charge in [0.1, 0.15) is 0 Å². The number of para-hydroxylation sites is 1. The molecule has 5 heterocycles. The van der Waals surface area contributed by atoms with Crippen LogP contribution in [0.5, 0.6) is 0 Å². The summed E-state index contributed by atoms with van der Waals surface area (Å²) in [5, 5.41) is 6.28. The molecule has 32 heavy (non-hydrogen) atoms. The Morgan fingerprint density at radius 3 is 2.72 bits per heavy atom. The van der Waals surface area contributed by atoms with Crippen LogP contribution in [-0.2, 0) is 16.0 Å². The Morgan fingerprint density at radius 1 is 1.12 bits per heavy atom. The van der Waals surface area contributed by atoms with E-state index in [0.29, 0.717) is 11.2 Å². The van der Waals surface area contributed by atoms with Crippen LogP contribution in [0.1, 0.15) is 4.88 Å². The van der Waals surface area contributed by atoms with Crippen molar-refractivity contribution in [1.82, 2.24) is 14.5 Å². The van der Waals surface area contributed by atoms with E-state index in [-0.39, 0.29) is 11.8 Å². The van der Waals surface area contributed by atoms with Gasteiger partial charge in [-0.3, -0.25) is 0 Å². The SMILES string of the molecule is CN1C(=O)C(Cc2cc3c(s2)-n2c4ncccc4c4cccc(c42)[Si]3(C)C)C(=O)N=C1[Se]. The molecule has 2 aliphatic heterocycles. The third kappa shape index (κ3) is 2.56. The van der Waals surface area contributed by atoms with Gasteiger partial charge in [-0.1, -0.05) is 0 Å². The molecular formula is C23H19N4O2SSeSi. The molecule has 9 heteroatoms. The van der Waals surface area contributed by atoms with E-state index in [1.165, 1.54) is 31.2 Å². The zero-order valence-corrected chi connectivity index (χ0v) is 21.3. The molecule has 0 bridgehead atoms. The number of hydrogen-bond acceptors (Lipinski definition) is 4. The Balaban J connectivity index is 1.55. The van der Waals surface area contributed by atoms with E-state index in [0.717, 1.165) is 15.9 Å². The molecule has 1 radical (unpaired) electrons. The van der Waals surface area contributed by atoms with E-state index in [4.69, 9.17) is 4.98 Å². The number of amides is 2. The maximum atomic E-state index is 12.8. The van der Waals surface area contributed by atoms with Crippen LogP contribution in [0, 0.1) is 5.92 Å². The number of carbonyl (C=O) groups is 2. The molecule has 2 aliphatic rings. The molecule has 3 aromatic heterocycles. The number of hydrogen-bond donors (Lipinski definition) is 0. The summed E-state index contributed by atoms with van der Waals surface area (Å²) >= 11 is 4.36. The first-order valence-corrected chi connectivity index (χ1v) is 15.1. The summed E-state index contributed by atoms with van der Waals surface area (Å²) in [5.74, 6) is -1.35. The number of aromatic nitrogens is 2. The zero-order chi connectivity index (χ0) is 22.4. The van der Waals surface area contributed by atoms with Crippen LogP contribution in [0.3, 0.4) is 0 Å². The van der Waals surface area contributed by atoms with E-state index >= 15 is 0 Å². The summed E-state index contributed by atoms with van der Waals surface area (Å²) in [7, 11) is -0.329. The number of carbonyl (C=O) groups excluding carboxylic acids is 2. The molecule has 0 saturated carbocycles. The Bertz CT molecular complexity index is 1520. The molecule has 6 nitrogen and oxygen atoms in total. The van der Waals surface area contributed by atoms with E-state index in [9.17, 15) is 9.59 Å². The fourth-order valence-corrected chi connectivity index (χ4v) is 10.3. The number of benzene rings is 1. The number of rotatable bonds is 2. The van der Waals surface area contributed by atoms with Crippen molar-refractivity contribution in [1.29, 1.82) is 0 Å². The molecule has 0 saturated heterocycles. The summed E-state index contributed by atoms with van der Waals surface area (Å²) in [6.07, 6.45) is 2.20. The molecule has 0 N–H and O–H groups in total. The van der Waals surface area contributed by atoms with Crippen LogP contribution in [0.4, 0.5) is 0 Å². The molecule has 6 rings (SSSR count). The molecule has 1 unspecified atom stereocenters. The van der Waals surface area contributed by atoms with Crippen LogP contribution < -0.4 is 10.4 Å². The second-order valence-corrected chi connectivity index (χ2v) is 15.1. The Kier molecular flexibility index (Phi) is 4.21. The second-order valence-electron chi connectivity index (χ2n) is 8.85. The molecular weight excluding hydrogens is 503 g/mol. The van der Waals surface area contributed by atoms with Gasteiger partial charge in [-0.25, -0.2) is 0 Å². The monoisotopic (exact) mass is 523 g/mol. The van der Waals surface area contributed by atoms with Gasteiger partial charge >= 0.3 is 192 Å². The minimum absolute atomic E-state index is 0.208. The number of amidine groups is 1. The fraction of sp³-hybridized carbons (Fsp3) is 0.217. The molecule has 2 amide bonds. The summed E-state index contributed by atoms with van der Waals surface area (Å²) in [5.41, 5.74) is 2.20. The quantitative estimate of drug-likeness (QED) is 0.299. The Hall–Kier alpha value is -2.58. The fourth-order valence-electron chi connectivity index (χ4n) is 4.94. The van der Waals surface area contributed by atoms with Gasteiger partial charge in [0.25, 0.3) is 0 Å². The van der Waals surface area contributed by atoms with Crippen molar-refractivity contribution >= 4 is 84.3 Å². The third-order valence-electron chi connectivity index (χ3n) is 6.69. The summed E-state index contributed by atoms with van der Waals surface area (Å²) in [6, 6.07) is 12.9. The predicted octanol–water partition coefficient (Wildman–Crippen LogP) is 2.06. The van der Waals surface area contributed by atoms with Crippen LogP contribution in [0.2, 0.25) is 13.1 Å². The maximum absolute atomic E-state index is 12.8. The first kappa shape index (κ1) is 20.1. The zero-order valence-electron chi connectivity index (χ0n) is 17.7. The number of thiophene rings is 1. The minimum atomic E-state index is -1.98. The van der Waals surface area contributed by atoms with Gasteiger partial charge < -0.3 is 0 Å². The number of fused-ring (bicyclic) bond motifs is 5. The van der Waals surface area contributed by atoms with Crippen LogP contribution >= 0.6 is 11.3 Å². The average molecular weight is 523 g/mol. The normalized spacial score (nSPS) is 19.5. The van der Waals surface area contributed by atoms with Gasteiger partial charge in [0.05, 0.1) is 0 Å². The molecule has 0 spiro atoms. The first-order chi connectivity index (χ1) is 15.3. The number of aliphatic imine (C=N–C) groups is 1. The van der Waals surface area contributed by atoms with Crippen molar-refractivity contribution in [2.75, 3.05) is 7.05 Å². The number of pyridine rings is 1. The van der Waals surface area contributed by atoms with Gasteiger partial charge in [0.2, 0.25) is 0 Å². The molecule has 159 valence electrons. The van der Waals surface area contributed by atoms with Crippen molar-refractivity contribution in [3.05, 3.63) is 47.5 Å². The Morgan fingerprint density at radius 2 is 1.91 bits per heavy atom. The van der Waals surface area contributed by atoms with Crippen molar-refractivity contribution in [2.24, 2.45) is 10.9 Å². The summed E-state index contributed by atoms with van der Waals surface area (Å²) in [4.78, 5) is 36.6. The summed E-state index contributed by atoms with van der Waals surface area (Å²) < 4.78 is 2.62. The Labute approximate surface area is 197 Å². The number of nitrogens with zero attached hydrogens (tertiary/aromatic N) is 4. The molecule has 0 aliphatic carbocycles. The van der Waals surface area contributed by atoms with E-state index in [1.807, 2.05) is 12.3 Å². The van der Waals surface area contributed by atoms with Crippen molar-refractivity contribution in [2.45, 2.75) is 19.5 Å². The van der Waals surface area contributed by atoms with E-state index in [1.54, 1.807) is 18.4 Å². The van der Waals surface area contributed by atoms with Crippen molar-refractivity contribution < 1.29 is 9.59 Å². The molecule has 0 fully saturated rings. The summed E-state index contributed by atoms with van der Waals surface area (Å²) in [6.45, 7) is 4.75. The third-order valence-corrected chi connectivity index (χ3v) is 12.3. The van der Waals surface area contributed by atoms with Gasteiger partial charge in [0.15, 0.2) is 0 Å². The van der Waals surface area contributed by atoms with Crippen LogP contribution in [-0.4, -0.2) is 62.1 Å². The standard InChI is InChI=1S/C23H19N4O2SSeSi/c1-26-21(29)15(20(28)25-23(26)31)10-12-11-17-22(30-12)27-18-13(14-7-5-9-24-19(14)27)6-4-8-16(18)32(17,2)3/h4-9,11,15H,10H2,1-3H3. The van der Waals surface area contributed by atoms with Crippen molar-refractivity contribution in [3.8, 4) is 5.00 Å². The predicted molar refractivity (Wildman–Crippen MR) is 131 cm³/mol. The van der Waals surface area contributed by atoms with Gasteiger partial charge in [-0.15, -0.1) is 0 Å². The van der Waals surface area contributed by atoms with Crippen LogP contribution in [0.15, 0.2) is 47.6 Å². The van der Waals surface area contributed by atoms with E-state index in [2.05, 4.69) is 69.0 Å². The van der Waals surface area contributed by atoms with Gasteiger partial charge in [-0.2, -0.15) is 0 Å². The van der Waals surface area contributed by atoms with Crippen LogP contribution in [0.25, 0.3) is 26.9 Å². The molecule has 1 aromatic carbocycles. The molecule has 4 aromatic rings. The first-order valence-electron chi connectivity index (χ1n) is 10.4. The average Bonchev–Trinajstić information content (AvgIpc) is 3.34.